The Labute approximate surface area is 142 Å². The van der Waals surface area contributed by atoms with Crippen molar-refractivity contribution in [2.24, 2.45) is 0 Å². The van der Waals surface area contributed by atoms with Crippen LogP contribution in [0.15, 0.2) is 57.2 Å². The number of anilines is 1. The van der Waals surface area contributed by atoms with Crippen LogP contribution >= 0.6 is 11.3 Å². The van der Waals surface area contributed by atoms with Gasteiger partial charge in [0.1, 0.15) is 0 Å². The molecule has 0 atom stereocenters. The van der Waals surface area contributed by atoms with Gasteiger partial charge in [0.2, 0.25) is 5.91 Å². The summed E-state index contributed by atoms with van der Waals surface area (Å²) < 4.78 is 29.6. The van der Waals surface area contributed by atoms with Crippen LogP contribution in [0.5, 0.6) is 0 Å². The summed E-state index contributed by atoms with van der Waals surface area (Å²) in [6.45, 7) is 0. The quantitative estimate of drug-likeness (QED) is 0.722. The van der Waals surface area contributed by atoms with Gasteiger partial charge in [-0.1, -0.05) is 29.4 Å². The van der Waals surface area contributed by atoms with Crippen molar-refractivity contribution >= 4 is 33.1 Å². The normalized spacial score (nSPS) is 11.3. The molecule has 0 unspecified atom stereocenters. The lowest BCUT2D eigenvalue weighted by molar-refractivity contribution is -0.115. The number of nitrogens with one attached hydrogen (secondary N) is 1. The average Bonchev–Trinajstić information content (AvgIpc) is 3.25. The summed E-state index contributed by atoms with van der Waals surface area (Å²) in [6, 6.07) is 11.6. The second-order valence-corrected chi connectivity index (χ2v) is 7.88. The predicted octanol–water partition coefficient (Wildman–Crippen LogP) is 2.60. The zero-order chi connectivity index (χ0) is 17.0. The van der Waals surface area contributed by atoms with Gasteiger partial charge < -0.3 is 4.42 Å². The van der Waals surface area contributed by atoms with Crippen LogP contribution in [0.4, 0.5) is 6.01 Å². The van der Waals surface area contributed by atoms with Crippen molar-refractivity contribution in [2.75, 3.05) is 11.1 Å². The smallest absolute Gasteiger partial charge is 0.322 e. The van der Waals surface area contributed by atoms with Crippen LogP contribution in [0.25, 0.3) is 10.8 Å². The first-order valence-corrected chi connectivity index (χ1v) is 9.53. The van der Waals surface area contributed by atoms with E-state index < -0.39 is 15.7 Å². The third kappa shape index (κ3) is 3.87. The van der Waals surface area contributed by atoms with Crippen LogP contribution in [-0.2, 0) is 14.6 Å². The first-order valence-electron chi connectivity index (χ1n) is 7.00. The predicted molar refractivity (Wildman–Crippen MR) is 89.4 cm³/mol. The fourth-order valence-corrected chi connectivity index (χ4v) is 3.83. The fraction of sp³-hybridized carbons (Fsp3) is 0.133. The molecule has 0 aliphatic heterocycles. The lowest BCUT2D eigenvalue weighted by atomic mass is 10.4. The summed E-state index contributed by atoms with van der Waals surface area (Å²) in [7, 11) is -3.50. The first kappa shape index (κ1) is 16.3. The largest absolute Gasteiger partial charge is 0.402 e. The molecule has 2 aromatic heterocycles. The molecule has 0 aliphatic rings. The molecule has 124 valence electrons. The van der Waals surface area contributed by atoms with E-state index in [4.69, 9.17) is 4.42 Å². The monoisotopic (exact) mass is 363 g/mol. The van der Waals surface area contributed by atoms with Gasteiger partial charge in [0.05, 0.1) is 15.5 Å². The number of thiophene rings is 1. The van der Waals surface area contributed by atoms with E-state index in [0.717, 1.165) is 4.88 Å². The van der Waals surface area contributed by atoms with Gasteiger partial charge in [-0.05, 0) is 23.6 Å². The molecule has 0 bridgehead atoms. The van der Waals surface area contributed by atoms with E-state index in [1.54, 1.807) is 18.2 Å². The van der Waals surface area contributed by atoms with Gasteiger partial charge in [-0.15, -0.1) is 16.4 Å². The molecule has 2 heterocycles. The summed E-state index contributed by atoms with van der Waals surface area (Å²) in [5, 5.41) is 11.8. The molecule has 3 rings (SSSR count). The number of hydrogen-bond acceptors (Lipinski definition) is 7. The molecule has 3 aromatic rings. The van der Waals surface area contributed by atoms with Crippen molar-refractivity contribution in [1.82, 2.24) is 10.2 Å². The fourth-order valence-electron chi connectivity index (χ4n) is 1.93. The van der Waals surface area contributed by atoms with Gasteiger partial charge in [0, 0.05) is 6.42 Å². The standard InChI is InChI=1S/C15H13N3O4S2/c19-13(8-10-24(20,21)11-5-2-1-3-6-11)16-15-18-17-14(22-15)12-7-4-9-23-12/h1-7,9H,8,10H2,(H,16,18,19). The molecule has 0 saturated heterocycles. The van der Waals surface area contributed by atoms with Crippen LogP contribution < -0.4 is 5.32 Å². The van der Waals surface area contributed by atoms with Gasteiger partial charge in [-0.2, -0.15) is 0 Å². The number of benzene rings is 1. The summed E-state index contributed by atoms with van der Waals surface area (Å²) in [5.41, 5.74) is 0. The maximum Gasteiger partial charge on any atom is 0.322 e. The van der Waals surface area contributed by atoms with Gasteiger partial charge in [0.15, 0.2) is 9.84 Å². The SMILES string of the molecule is O=C(CCS(=O)(=O)c1ccccc1)Nc1nnc(-c2cccs2)o1. The Hall–Kier alpha value is -2.52. The van der Waals surface area contributed by atoms with E-state index in [0.29, 0.717) is 5.89 Å². The van der Waals surface area contributed by atoms with Crippen molar-refractivity contribution in [2.45, 2.75) is 11.3 Å². The molecule has 1 amide bonds. The summed E-state index contributed by atoms with van der Waals surface area (Å²) in [6.07, 6.45) is -0.200. The highest BCUT2D eigenvalue weighted by Gasteiger charge is 2.17. The maximum absolute atomic E-state index is 12.1. The Bertz CT molecular complexity index is 919. The number of carbonyl (C=O) groups is 1. The molecule has 0 fully saturated rings. The molecule has 1 aromatic carbocycles. The minimum atomic E-state index is -3.50. The molecule has 0 radical (unpaired) electrons. The highest BCUT2D eigenvalue weighted by atomic mass is 32.2. The number of aromatic nitrogens is 2. The molecule has 1 N–H and O–H groups in total. The minimum Gasteiger partial charge on any atom is -0.402 e. The number of rotatable bonds is 6. The summed E-state index contributed by atoms with van der Waals surface area (Å²) in [4.78, 5) is 12.9. The molecule has 0 spiro atoms. The van der Waals surface area contributed by atoms with Gasteiger partial charge >= 0.3 is 6.01 Å². The number of amides is 1. The second kappa shape index (κ2) is 6.93. The molecule has 7 nitrogen and oxygen atoms in total. The van der Waals surface area contributed by atoms with E-state index in [9.17, 15) is 13.2 Å². The maximum atomic E-state index is 12.1. The van der Waals surface area contributed by atoms with Crippen LogP contribution in [-0.4, -0.2) is 30.3 Å². The highest BCUT2D eigenvalue weighted by Crippen LogP contribution is 2.24. The van der Waals surface area contributed by atoms with E-state index in [1.165, 1.54) is 23.5 Å². The third-order valence-electron chi connectivity index (χ3n) is 3.10. The van der Waals surface area contributed by atoms with Crippen LogP contribution in [0.3, 0.4) is 0 Å². The molecular weight excluding hydrogens is 350 g/mol. The zero-order valence-corrected chi connectivity index (χ0v) is 14.0. The number of hydrogen-bond donors (Lipinski definition) is 1. The van der Waals surface area contributed by atoms with E-state index in [-0.39, 0.29) is 23.1 Å². The van der Waals surface area contributed by atoms with Gasteiger partial charge in [0.25, 0.3) is 5.89 Å². The lowest BCUT2D eigenvalue weighted by Crippen LogP contribution is -2.17. The van der Waals surface area contributed by atoms with Crippen molar-refractivity contribution in [3.05, 3.63) is 47.8 Å². The Morgan fingerprint density at radius 3 is 2.62 bits per heavy atom. The number of nitrogens with zero attached hydrogens (tertiary/aromatic N) is 2. The molecule has 0 saturated carbocycles. The Morgan fingerprint density at radius 1 is 1.12 bits per heavy atom. The van der Waals surface area contributed by atoms with E-state index >= 15 is 0 Å². The second-order valence-electron chi connectivity index (χ2n) is 4.82. The average molecular weight is 363 g/mol. The number of sulfone groups is 1. The molecular formula is C15H13N3O4S2. The van der Waals surface area contributed by atoms with Gasteiger partial charge in [-0.3, -0.25) is 10.1 Å². The molecule has 24 heavy (non-hydrogen) atoms. The van der Waals surface area contributed by atoms with E-state index in [1.807, 2.05) is 17.5 Å². The van der Waals surface area contributed by atoms with Gasteiger partial charge in [-0.25, -0.2) is 8.42 Å². The van der Waals surface area contributed by atoms with Crippen molar-refractivity contribution < 1.29 is 17.6 Å². The van der Waals surface area contributed by atoms with Crippen LogP contribution in [0.2, 0.25) is 0 Å². The summed E-state index contributed by atoms with van der Waals surface area (Å²) >= 11 is 1.43. The van der Waals surface area contributed by atoms with Crippen LogP contribution in [0.1, 0.15) is 6.42 Å². The number of carbonyl (C=O) groups excluding carboxylic acids is 1. The highest BCUT2D eigenvalue weighted by molar-refractivity contribution is 7.91. The zero-order valence-electron chi connectivity index (χ0n) is 12.4. The molecule has 0 aliphatic carbocycles. The first-order chi connectivity index (χ1) is 11.5. The Kier molecular flexibility index (Phi) is 4.72. The van der Waals surface area contributed by atoms with Crippen molar-refractivity contribution in [3.8, 4) is 10.8 Å². The Balaban J connectivity index is 1.58. The van der Waals surface area contributed by atoms with Crippen molar-refractivity contribution in [3.63, 3.8) is 0 Å². The lowest BCUT2D eigenvalue weighted by Gasteiger charge is -2.03. The Morgan fingerprint density at radius 2 is 1.92 bits per heavy atom. The minimum absolute atomic E-state index is 0.0551. The molecule has 9 heteroatoms. The van der Waals surface area contributed by atoms with E-state index in [2.05, 4.69) is 15.5 Å². The van der Waals surface area contributed by atoms with Crippen LogP contribution in [0, 0.1) is 0 Å². The summed E-state index contributed by atoms with van der Waals surface area (Å²) in [5.74, 6) is -0.498. The third-order valence-corrected chi connectivity index (χ3v) is 5.69. The topological polar surface area (TPSA) is 102 Å². The van der Waals surface area contributed by atoms with Crippen molar-refractivity contribution in [1.29, 1.82) is 0 Å².